The number of fused-ring (bicyclic) bond motifs is 4. The highest BCUT2D eigenvalue weighted by Crippen LogP contribution is 2.39. The highest BCUT2D eigenvalue weighted by atomic mass is 16.2. The van der Waals surface area contributed by atoms with Crippen LogP contribution in [-0.2, 0) is 80.1 Å². The van der Waals surface area contributed by atoms with Gasteiger partial charge in [0.05, 0.1) is 0 Å². The van der Waals surface area contributed by atoms with Crippen LogP contribution in [0.2, 0.25) is 0 Å². The second-order valence-corrected chi connectivity index (χ2v) is 16.9. The lowest BCUT2D eigenvalue weighted by Crippen LogP contribution is -2.32. The predicted molar refractivity (Wildman–Crippen MR) is 265 cm³/mol. The average Bonchev–Trinajstić information content (AvgIpc) is 4.16. The third-order valence-electron chi connectivity index (χ3n) is 12.1. The third kappa shape index (κ3) is 18.0. The Morgan fingerprint density at radius 3 is 1.16 bits per heavy atom. The molecule has 14 nitrogen and oxygen atoms in total. The number of carbonyl (C=O) groups is 8. The third-order valence-corrected chi connectivity index (χ3v) is 12.1. The Bertz CT molecular complexity index is 1680. The van der Waals surface area contributed by atoms with Crippen LogP contribution in [0.5, 0.6) is 0 Å². The number of unbranched alkanes of at least 4 members (excludes halogenated alkanes) is 4. The Labute approximate surface area is 388 Å². The van der Waals surface area contributed by atoms with Gasteiger partial charge in [-0.05, 0) is 169 Å². The van der Waals surface area contributed by atoms with Crippen LogP contribution < -0.4 is 21.3 Å². The molecule has 0 aliphatic heterocycles. The number of aryl methyl sites for hydroxylation is 4. The van der Waals surface area contributed by atoms with Crippen molar-refractivity contribution in [1.29, 1.82) is 0 Å². The van der Waals surface area contributed by atoms with Crippen LogP contribution in [0.4, 0.5) is 21.0 Å². The van der Waals surface area contributed by atoms with Gasteiger partial charge in [0.2, 0.25) is 11.8 Å². The van der Waals surface area contributed by atoms with Crippen molar-refractivity contribution in [1.82, 2.24) is 20.4 Å². The lowest BCUT2D eigenvalue weighted by molar-refractivity contribution is -0.132. The first-order valence-electron chi connectivity index (χ1n) is 23.0. The molecule has 0 bridgehead atoms. The quantitative estimate of drug-likeness (QED) is 0.107. The van der Waals surface area contributed by atoms with Crippen molar-refractivity contribution in [3.05, 3.63) is 56.6 Å². The summed E-state index contributed by atoms with van der Waals surface area (Å²) in [7, 11) is 6.95. The molecule has 2 aromatic carbocycles. The van der Waals surface area contributed by atoms with Crippen LogP contribution >= 0.6 is 0 Å². The van der Waals surface area contributed by atoms with E-state index in [4.69, 9.17) is 9.59 Å². The Morgan fingerprint density at radius 2 is 0.859 bits per heavy atom. The first-order valence-corrected chi connectivity index (χ1v) is 23.0. The maximum Gasteiger partial charge on any atom is 0.318 e. The number of hydrogen-bond donors (Lipinski definition) is 4. The molecule has 6 rings (SSSR count). The minimum absolute atomic E-state index is 0. The van der Waals surface area contributed by atoms with Crippen LogP contribution in [0.3, 0.4) is 0 Å². The maximum atomic E-state index is 11.6. The van der Waals surface area contributed by atoms with Gasteiger partial charge in [0, 0.05) is 83.0 Å². The molecule has 14 heteroatoms. The average molecular weight is 899 g/mol. The normalized spacial score (nSPS) is 13.0. The van der Waals surface area contributed by atoms with Gasteiger partial charge in [-0.25, -0.2) is 9.59 Å². The van der Waals surface area contributed by atoms with Crippen LogP contribution in [0.15, 0.2) is 12.1 Å². The molecule has 4 N–H and O–H groups in total. The Kier molecular flexibility index (Phi) is 27.8. The minimum atomic E-state index is -0.0978. The Balaban J connectivity index is -0.000000388. The molecule has 0 saturated heterocycles. The van der Waals surface area contributed by atoms with Gasteiger partial charge in [0.1, 0.15) is 26.2 Å². The summed E-state index contributed by atoms with van der Waals surface area (Å²) in [5.41, 5.74) is 13.6. The van der Waals surface area contributed by atoms with Crippen molar-refractivity contribution in [2.45, 2.75) is 168 Å². The van der Waals surface area contributed by atoms with E-state index in [1.54, 1.807) is 30.9 Å². The Morgan fingerprint density at radius 1 is 0.547 bits per heavy atom. The number of aldehydes is 2. The van der Waals surface area contributed by atoms with E-state index in [1.807, 2.05) is 48.3 Å². The monoisotopic (exact) mass is 899 g/mol. The first-order chi connectivity index (χ1) is 30.8. The van der Waals surface area contributed by atoms with E-state index in [0.717, 1.165) is 68.9 Å². The molecule has 0 unspecified atom stereocenters. The van der Waals surface area contributed by atoms with Gasteiger partial charge in [0.15, 0.2) is 0 Å². The van der Waals surface area contributed by atoms with Crippen molar-refractivity contribution < 1.29 is 44.1 Å². The largest absolute Gasteiger partial charge is 0.343 e. The van der Waals surface area contributed by atoms with Crippen molar-refractivity contribution in [2.24, 2.45) is 0 Å². The molecular formula is C50H86N6O8. The fourth-order valence-electron chi connectivity index (χ4n) is 8.23. The number of hydrogen-bond acceptors (Lipinski definition) is 8. The van der Waals surface area contributed by atoms with E-state index >= 15 is 0 Å². The van der Waals surface area contributed by atoms with Crippen molar-refractivity contribution >= 4 is 61.4 Å². The molecule has 364 valence electrons. The van der Waals surface area contributed by atoms with Gasteiger partial charge >= 0.3 is 12.1 Å². The number of benzene rings is 2. The first kappa shape index (κ1) is 56.6. The van der Waals surface area contributed by atoms with E-state index in [9.17, 15) is 28.8 Å². The number of urea groups is 2. The number of anilines is 2. The van der Waals surface area contributed by atoms with Crippen molar-refractivity contribution in [3.63, 3.8) is 0 Å². The summed E-state index contributed by atoms with van der Waals surface area (Å²) in [6.45, 7) is 11.9. The summed E-state index contributed by atoms with van der Waals surface area (Å²) in [4.78, 5) is 85.3. The molecule has 6 amide bonds. The zero-order chi connectivity index (χ0) is 48.2. The highest BCUT2D eigenvalue weighted by molar-refractivity contribution is 5.92. The molecule has 4 aliphatic carbocycles. The molecule has 64 heavy (non-hydrogen) atoms. The summed E-state index contributed by atoms with van der Waals surface area (Å²) in [6, 6.07) is 5.07. The van der Waals surface area contributed by atoms with Crippen LogP contribution in [0.25, 0.3) is 0 Å². The number of nitrogens with one attached hydrogen (secondary N) is 4. The molecule has 2 aromatic rings. The van der Waals surface area contributed by atoms with E-state index < -0.39 is 0 Å². The number of amides is 6. The second-order valence-electron chi connectivity index (χ2n) is 16.9. The fourth-order valence-corrected chi connectivity index (χ4v) is 8.23. The second kappa shape index (κ2) is 31.4. The van der Waals surface area contributed by atoms with Crippen molar-refractivity contribution in [2.75, 3.05) is 38.8 Å². The smallest absolute Gasteiger partial charge is 0.318 e. The van der Waals surface area contributed by atoms with E-state index in [1.165, 1.54) is 95.9 Å². The minimum Gasteiger partial charge on any atom is -0.343 e. The fraction of sp³-hybridized carbons (Fsp3) is 0.600. The maximum absolute atomic E-state index is 11.6. The van der Waals surface area contributed by atoms with E-state index in [2.05, 4.69) is 33.4 Å². The molecule has 0 atom stereocenters. The van der Waals surface area contributed by atoms with Gasteiger partial charge in [-0.3, -0.25) is 9.59 Å². The molecule has 0 saturated carbocycles. The van der Waals surface area contributed by atoms with Gasteiger partial charge in [-0.2, -0.15) is 0 Å². The van der Waals surface area contributed by atoms with E-state index in [-0.39, 0.29) is 41.7 Å². The highest BCUT2D eigenvalue weighted by Gasteiger charge is 2.26. The van der Waals surface area contributed by atoms with Gasteiger partial charge < -0.3 is 50.2 Å². The molecule has 0 spiro atoms. The van der Waals surface area contributed by atoms with Gasteiger partial charge in [0.25, 0.3) is 0 Å². The number of rotatable bonds is 14. The lowest BCUT2D eigenvalue weighted by atomic mass is 9.99. The standard InChI is InChI=1S/2C14H18N2O.C11H21NO2.C9H17NO2.2CH2O.4H2/c2*1-15-14(17)16-13-11-6-2-4-9(11)8-10-5-3-7-12(10)13;1-10(2)12(3)11(14)8-6-4-5-7-9-13;1-8(2)10(3)9(12)6-4-5-7-11;2*1-2;;;;/h2*8H,2-7H2,1H3,(H2,15,16,17);9-10H,4-8H2,1-3H3;7-8H,4-6H2,1-3H3;2*1H2;4*1H. The molecular weight excluding hydrogens is 813 g/mol. The zero-order valence-electron chi connectivity index (χ0n) is 40.2. The van der Waals surface area contributed by atoms with Gasteiger partial charge in [-0.1, -0.05) is 18.6 Å². The summed E-state index contributed by atoms with van der Waals surface area (Å²) >= 11 is 0. The van der Waals surface area contributed by atoms with Crippen LogP contribution in [0, 0.1) is 0 Å². The van der Waals surface area contributed by atoms with Crippen molar-refractivity contribution in [3.8, 4) is 0 Å². The topological polar surface area (TPSA) is 191 Å². The Hall–Kier alpha value is -5.40. The molecule has 0 radical (unpaired) electrons. The molecule has 0 fully saturated rings. The SMILES string of the molecule is C=O.C=O.CC(C)N(C)C(=O)CCCC=O.CC(C)N(C)C(=O)CCCCCC=O.CNC(=O)Nc1c2c(cc3c1CCC3)CCC2.CNC(=O)Nc1c2c(cc3c1CCC3)CCC2.[HH].[HH].[HH].[HH]. The zero-order valence-corrected chi connectivity index (χ0v) is 40.2. The van der Waals surface area contributed by atoms with E-state index in [0.29, 0.717) is 32.1 Å². The predicted octanol–water partition coefficient (Wildman–Crippen LogP) is 8.67. The summed E-state index contributed by atoms with van der Waals surface area (Å²) < 4.78 is 0. The van der Waals surface area contributed by atoms with Gasteiger partial charge in [-0.15, -0.1) is 0 Å². The number of carbonyl (C=O) groups excluding carboxylic acids is 8. The summed E-state index contributed by atoms with van der Waals surface area (Å²) in [6.07, 6.45) is 21.4. The van der Waals surface area contributed by atoms with Crippen LogP contribution in [-0.4, -0.2) is 100 Å². The molecule has 0 aromatic heterocycles. The number of nitrogens with zero attached hydrogens (tertiary/aromatic N) is 2. The molecule has 0 heterocycles. The summed E-state index contributed by atoms with van der Waals surface area (Å²) in [5.74, 6) is 0.318. The van der Waals surface area contributed by atoms with Crippen LogP contribution in [0.1, 0.15) is 155 Å². The summed E-state index contributed by atoms with van der Waals surface area (Å²) in [5, 5.41) is 11.4. The lowest BCUT2D eigenvalue weighted by Gasteiger charge is -2.21. The molecule has 4 aliphatic rings.